The molecule has 10 heteroatoms. The Morgan fingerprint density at radius 3 is 2.39 bits per heavy atom. The molecule has 2 saturated carbocycles. The van der Waals surface area contributed by atoms with Gasteiger partial charge in [-0.2, -0.15) is 0 Å². The van der Waals surface area contributed by atoms with Gasteiger partial charge in [0.25, 0.3) is 0 Å². The number of benzene rings is 2. The molecule has 3 fully saturated rings. The van der Waals surface area contributed by atoms with Gasteiger partial charge < -0.3 is 35.1 Å². The molecular formula is C39H57N3O7. The summed E-state index contributed by atoms with van der Waals surface area (Å²) in [7, 11) is 0. The molecule has 6 atom stereocenters. The Labute approximate surface area is 291 Å². The molecule has 1 aliphatic heterocycles. The van der Waals surface area contributed by atoms with E-state index in [4.69, 9.17) is 14.2 Å². The van der Waals surface area contributed by atoms with E-state index in [0.717, 1.165) is 81.8 Å². The molecule has 1 saturated heterocycles. The van der Waals surface area contributed by atoms with Crippen molar-refractivity contribution in [1.29, 1.82) is 0 Å². The smallest absolute Gasteiger partial charge is 0.407 e. The average molecular weight is 680 g/mol. The first-order valence-corrected chi connectivity index (χ1v) is 18.2. The highest BCUT2D eigenvalue weighted by Gasteiger charge is 2.51. The van der Waals surface area contributed by atoms with Gasteiger partial charge in [-0.25, -0.2) is 4.79 Å². The zero-order valence-electron chi connectivity index (χ0n) is 29.6. The van der Waals surface area contributed by atoms with Crippen molar-refractivity contribution in [3.63, 3.8) is 0 Å². The standard InChI is InChI=1S/C39H57N3O7/c1-38(2,3)49-37(46)40-33(26-28-9-5-4-6-10-28)34(43)27-30(36(45)41-39-18-8-12-31(39)11-7-13-35(39)44)25-29-14-16-32(17-15-29)48-24-21-42-19-22-47-23-20-42/h4-6,9-10,14-17,30-31,33-35,43-44H,7-8,11-13,18-27H2,1-3H3,(H,40,46)(H,41,45)/t30-,31?,33+,34+,35-,39+/m1/s1. The van der Waals surface area contributed by atoms with E-state index in [1.807, 2.05) is 54.6 Å². The van der Waals surface area contributed by atoms with Gasteiger partial charge in [0.2, 0.25) is 5.91 Å². The van der Waals surface area contributed by atoms with Crippen LogP contribution in [0.15, 0.2) is 54.6 Å². The van der Waals surface area contributed by atoms with E-state index in [2.05, 4.69) is 15.5 Å². The van der Waals surface area contributed by atoms with Crippen LogP contribution in [0.25, 0.3) is 0 Å². The van der Waals surface area contributed by atoms with E-state index in [0.29, 0.717) is 25.9 Å². The average Bonchev–Trinajstić information content (AvgIpc) is 3.49. The van der Waals surface area contributed by atoms with Gasteiger partial charge in [0.1, 0.15) is 18.0 Å². The molecule has 49 heavy (non-hydrogen) atoms. The van der Waals surface area contributed by atoms with E-state index < -0.39 is 41.4 Å². The summed E-state index contributed by atoms with van der Waals surface area (Å²) >= 11 is 0. The van der Waals surface area contributed by atoms with Crippen molar-refractivity contribution in [3.05, 3.63) is 65.7 Å². The summed E-state index contributed by atoms with van der Waals surface area (Å²) < 4.78 is 17.0. The maximum Gasteiger partial charge on any atom is 0.407 e. The molecule has 0 radical (unpaired) electrons. The Kier molecular flexibility index (Phi) is 13.0. The molecule has 0 aromatic heterocycles. The normalized spacial score (nSPS) is 24.7. The van der Waals surface area contributed by atoms with Crippen LogP contribution in [-0.4, -0.2) is 96.0 Å². The second-order valence-corrected chi connectivity index (χ2v) is 15.2. The second kappa shape index (κ2) is 17.2. The minimum absolute atomic E-state index is 0.119. The number of carbonyl (C=O) groups is 2. The fourth-order valence-corrected chi connectivity index (χ4v) is 7.81. The highest BCUT2D eigenvalue weighted by atomic mass is 16.6. The number of morpholine rings is 1. The molecule has 1 unspecified atom stereocenters. The Balaban J connectivity index is 1.31. The zero-order valence-corrected chi connectivity index (χ0v) is 29.6. The summed E-state index contributed by atoms with van der Waals surface area (Å²) in [6, 6.07) is 16.8. The van der Waals surface area contributed by atoms with E-state index in [9.17, 15) is 19.8 Å². The van der Waals surface area contributed by atoms with Gasteiger partial charge in [0.05, 0.1) is 37.0 Å². The quantitative estimate of drug-likeness (QED) is 0.227. The third-order valence-electron chi connectivity index (χ3n) is 10.4. The molecule has 2 aliphatic carbocycles. The van der Waals surface area contributed by atoms with Crippen LogP contribution in [0.4, 0.5) is 4.79 Å². The number of nitrogens with one attached hydrogen (secondary N) is 2. The molecule has 10 nitrogen and oxygen atoms in total. The van der Waals surface area contributed by atoms with Crippen LogP contribution < -0.4 is 15.4 Å². The van der Waals surface area contributed by atoms with Crippen LogP contribution in [0.3, 0.4) is 0 Å². The van der Waals surface area contributed by atoms with Crippen molar-refractivity contribution in [2.45, 2.75) is 108 Å². The molecule has 0 bridgehead atoms. The number of carbonyl (C=O) groups excluding carboxylic acids is 2. The lowest BCUT2D eigenvalue weighted by atomic mass is 9.72. The van der Waals surface area contributed by atoms with Crippen LogP contribution in [0, 0.1) is 11.8 Å². The van der Waals surface area contributed by atoms with Crippen molar-refractivity contribution in [2.24, 2.45) is 11.8 Å². The third kappa shape index (κ3) is 10.7. The number of rotatable bonds is 14. The number of alkyl carbamates (subject to hydrolysis) is 1. The first-order chi connectivity index (χ1) is 23.5. The topological polar surface area (TPSA) is 130 Å². The minimum Gasteiger partial charge on any atom is -0.492 e. The molecule has 1 heterocycles. The number of fused-ring (bicyclic) bond motifs is 1. The van der Waals surface area contributed by atoms with Gasteiger partial charge in [-0.3, -0.25) is 9.69 Å². The van der Waals surface area contributed by atoms with Gasteiger partial charge >= 0.3 is 6.09 Å². The molecule has 2 amide bonds. The third-order valence-corrected chi connectivity index (χ3v) is 10.4. The number of aliphatic hydroxyl groups is 2. The van der Waals surface area contributed by atoms with Crippen LogP contribution in [-0.2, 0) is 27.1 Å². The Hall–Kier alpha value is -3.18. The lowest BCUT2D eigenvalue weighted by molar-refractivity contribution is -0.132. The van der Waals surface area contributed by atoms with Crippen molar-refractivity contribution in [2.75, 3.05) is 39.5 Å². The zero-order chi connectivity index (χ0) is 34.9. The Morgan fingerprint density at radius 1 is 0.980 bits per heavy atom. The van der Waals surface area contributed by atoms with Crippen molar-refractivity contribution in [1.82, 2.24) is 15.5 Å². The number of amides is 2. The minimum atomic E-state index is -1.04. The summed E-state index contributed by atoms with van der Waals surface area (Å²) in [5.74, 6) is 0.236. The fraction of sp³-hybridized carbons (Fsp3) is 0.641. The summed E-state index contributed by atoms with van der Waals surface area (Å²) in [6.45, 7) is 10.1. The van der Waals surface area contributed by atoms with E-state index in [1.54, 1.807) is 20.8 Å². The summed E-state index contributed by atoms with van der Waals surface area (Å²) in [4.78, 5) is 29.5. The van der Waals surface area contributed by atoms with Crippen LogP contribution in [0.2, 0.25) is 0 Å². The molecule has 2 aromatic carbocycles. The number of nitrogens with zero attached hydrogens (tertiary/aromatic N) is 1. The van der Waals surface area contributed by atoms with E-state index in [-0.39, 0.29) is 18.2 Å². The molecular weight excluding hydrogens is 622 g/mol. The SMILES string of the molecule is CC(C)(C)OC(=O)N[C@@H](Cc1ccccc1)[C@@H](O)C[C@@H](Cc1ccc(OCCN2CCOCC2)cc1)C(=O)N[C@@]12CCCC1CCC[C@H]2O. The van der Waals surface area contributed by atoms with Crippen molar-refractivity contribution >= 4 is 12.0 Å². The highest BCUT2D eigenvalue weighted by molar-refractivity contribution is 5.80. The second-order valence-electron chi connectivity index (χ2n) is 15.2. The van der Waals surface area contributed by atoms with Gasteiger partial charge in [0, 0.05) is 25.6 Å². The molecule has 2 aromatic rings. The Morgan fingerprint density at radius 2 is 1.67 bits per heavy atom. The fourth-order valence-electron chi connectivity index (χ4n) is 7.81. The van der Waals surface area contributed by atoms with Gasteiger partial charge in [0.15, 0.2) is 0 Å². The number of hydrogen-bond donors (Lipinski definition) is 4. The predicted molar refractivity (Wildman–Crippen MR) is 188 cm³/mol. The van der Waals surface area contributed by atoms with Gasteiger partial charge in [-0.15, -0.1) is 0 Å². The number of hydrogen-bond acceptors (Lipinski definition) is 8. The maximum atomic E-state index is 14.3. The van der Waals surface area contributed by atoms with Gasteiger partial charge in [-0.1, -0.05) is 55.3 Å². The van der Waals surface area contributed by atoms with E-state index >= 15 is 0 Å². The lowest BCUT2D eigenvalue weighted by Gasteiger charge is -2.45. The molecule has 4 N–H and O–H groups in total. The maximum absolute atomic E-state index is 14.3. The number of ether oxygens (including phenoxy) is 3. The number of aliphatic hydroxyl groups excluding tert-OH is 2. The molecule has 3 aliphatic rings. The van der Waals surface area contributed by atoms with E-state index in [1.165, 1.54) is 0 Å². The predicted octanol–water partition coefficient (Wildman–Crippen LogP) is 4.64. The van der Waals surface area contributed by atoms with Crippen LogP contribution >= 0.6 is 0 Å². The lowest BCUT2D eigenvalue weighted by Crippen LogP contribution is -2.62. The van der Waals surface area contributed by atoms with Crippen LogP contribution in [0.1, 0.15) is 76.8 Å². The van der Waals surface area contributed by atoms with Crippen molar-refractivity contribution < 1.29 is 34.0 Å². The monoisotopic (exact) mass is 679 g/mol. The Bertz CT molecular complexity index is 1330. The summed E-state index contributed by atoms with van der Waals surface area (Å²) in [5, 5.41) is 29.2. The first kappa shape index (κ1) is 37.1. The molecule has 5 rings (SSSR count). The molecule has 270 valence electrons. The van der Waals surface area contributed by atoms with Crippen LogP contribution in [0.5, 0.6) is 5.75 Å². The van der Waals surface area contributed by atoms with Gasteiger partial charge in [-0.05, 0) is 94.9 Å². The first-order valence-electron chi connectivity index (χ1n) is 18.2. The highest BCUT2D eigenvalue weighted by Crippen LogP contribution is 2.46. The summed E-state index contributed by atoms with van der Waals surface area (Å²) in [6.07, 6.45) is 4.00. The van der Waals surface area contributed by atoms with Crippen molar-refractivity contribution in [3.8, 4) is 5.75 Å². The largest absolute Gasteiger partial charge is 0.492 e. The summed E-state index contributed by atoms with van der Waals surface area (Å²) in [5.41, 5.74) is 0.558. The molecule has 0 spiro atoms.